The number of amides is 1. The Morgan fingerprint density at radius 3 is 2.69 bits per heavy atom. The van der Waals surface area contributed by atoms with E-state index in [9.17, 15) is 4.79 Å². The fraction of sp³-hybridized carbons (Fsp3) is 0.667. The molecule has 8 heteroatoms. The molecule has 1 saturated heterocycles. The third-order valence-corrected chi connectivity index (χ3v) is 4.67. The van der Waals surface area contributed by atoms with Gasteiger partial charge in [-0.1, -0.05) is 6.07 Å². The molecule has 0 radical (unpaired) electrons. The van der Waals surface area contributed by atoms with Crippen LogP contribution in [0.3, 0.4) is 0 Å². The van der Waals surface area contributed by atoms with Crippen molar-refractivity contribution in [1.82, 2.24) is 20.1 Å². The number of ether oxygens (including phenoxy) is 1. The van der Waals surface area contributed by atoms with Gasteiger partial charge in [0.1, 0.15) is 0 Å². The maximum absolute atomic E-state index is 12.2. The molecular weight excluding hydrogens is 375 g/mol. The van der Waals surface area contributed by atoms with Crippen LogP contribution in [-0.4, -0.2) is 80.2 Å². The van der Waals surface area contributed by atoms with Gasteiger partial charge < -0.3 is 19.9 Å². The molecule has 1 aromatic rings. The van der Waals surface area contributed by atoms with Gasteiger partial charge in [-0.25, -0.2) is 0 Å². The molecule has 2 rings (SSSR count). The zero-order valence-corrected chi connectivity index (χ0v) is 17.4. The first-order valence-corrected chi connectivity index (χ1v) is 8.78. The minimum absolute atomic E-state index is 0. The van der Waals surface area contributed by atoms with Gasteiger partial charge in [-0.2, -0.15) is 0 Å². The number of aromatic nitrogens is 1. The summed E-state index contributed by atoms with van der Waals surface area (Å²) in [6, 6.07) is 6.42. The van der Waals surface area contributed by atoms with Crippen molar-refractivity contribution in [3.63, 3.8) is 0 Å². The van der Waals surface area contributed by atoms with Crippen LogP contribution in [0.25, 0.3) is 0 Å². The number of rotatable bonds is 9. The van der Waals surface area contributed by atoms with E-state index in [1.165, 1.54) is 0 Å². The molecule has 0 saturated carbocycles. The molecule has 1 amide bonds. The summed E-state index contributed by atoms with van der Waals surface area (Å²) in [5.74, 6) is 0.165. The third kappa shape index (κ3) is 8.64. The summed E-state index contributed by atoms with van der Waals surface area (Å²) in [6.07, 6.45) is 4.93. The lowest BCUT2D eigenvalue weighted by Gasteiger charge is -2.36. The Kier molecular flexibility index (Phi) is 13.7. The summed E-state index contributed by atoms with van der Waals surface area (Å²) >= 11 is 0. The number of halogens is 2. The summed E-state index contributed by atoms with van der Waals surface area (Å²) < 4.78 is 4.97. The van der Waals surface area contributed by atoms with Crippen LogP contribution in [0.5, 0.6) is 0 Å². The number of hydrogen-bond acceptors (Lipinski definition) is 5. The first kappa shape index (κ1) is 25.1. The van der Waals surface area contributed by atoms with Gasteiger partial charge in [-0.3, -0.25) is 9.78 Å². The van der Waals surface area contributed by atoms with Crippen LogP contribution in [0, 0.1) is 0 Å². The number of pyridine rings is 1. The summed E-state index contributed by atoms with van der Waals surface area (Å²) in [5.41, 5.74) is 1.15. The van der Waals surface area contributed by atoms with Gasteiger partial charge >= 0.3 is 0 Å². The van der Waals surface area contributed by atoms with Crippen LogP contribution in [-0.2, 0) is 16.0 Å². The number of carbonyl (C=O) groups is 1. The van der Waals surface area contributed by atoms with E-state index in [4.69, 9.17) is 4.74 Å². The van der Waals surface area contributed by atoms with Crippen molar-refractivity contribution < 1.29 is 9.53 Å². The fourth-order valence-electron chi connectivity index (χ4n) is 3.05. The molecule has 0 unspecified atom stereocenters. The third-order valence-electron chi connectivity index (χ3n) is 4.67. The van der Waals surface area contributed by atoms with E-state index in [0.29, 0.717) is 25.7 Å². The van der Waals surface area contributed by atoms with Crippen molar-refractivity contribution in [2.24, 2.45) is 0 Å². The van der Waals surface area contributed by atoms with E-state index in [0.717, 1.165) is 44.6 Å². The number of nitrogens with zero attached hydrogens (tertiary/aromatic N) is 3. The van der Waals surface area contributed by atoms with Gasteiger partial charge in [0.15, 0.2) is 0 Å². The van der Waals surface area contributed by atoms with E-state index in [1.54, 1.807) is 7.11 Å². The highest BCUT2D eigenvalue weighted by molar-refractivity contribution is 5.85. The van der Waals surface area contributed by atoms with Crippen LogP contribution < -0.4 is 5.32 Å². The van der Waals surface area contributed by atoms with E-state index in [-0.39, 0.29) is 30.7 Å². The first-order chi connectivity index (χ1) is 11.7. The molecule has 0 bridgehead atoms. The second-order valence-corrected chi connectivity index (χ2v) is 6.32. The molecule has 2 heterocycles. The lowest BCUT2D eigenvalue weighted by molar-refractivity contribution is -0.131. The van der Waals surface area contributed by atoms with Crippen LogP contribution in [0.4, 0.5) is 0 Å². The second-order valence-electron chi connectivity index (χ2n) is 6.32. The predicted octanol–water partition coefficient (Wildman–Crippen LogP) is 1.63. The van der Waals surface area contributed by atoms with E-state index < -0.39 is 0 Å². The largest absolute Gasteiger partial charge is 0.383 e. The molecule has 0 aromatic carbocycles. The monoisotopic (exact) mass is 406 g/mol. The molecule has 1 aromatic heterocycles. The topological polar surface area (TPSA) is 57.7 Å². The van der Waals surface area contributed by atoms with Crippen molar-refractivity contribution >= 4 is 30.7 Å². The van der Waals surface area contributed by atoms with Crippen molar-refractivity contribution in [2.45, 2.75) is 25.3 Å². The standard InChI is InChI=1S/C18H30N4O2.2ClH/c1-21(18(23)15-19-10-14-24-2)17-7-12-22(13-8-17)11-6-16-5-3-4-9-20-16;;/h3-5,9,17,19H,6-8,10-15H2,1-2H3;2*1H. The van der Waals surface area contributed by atoms with E-state index in [2.05, 4.69) is 21.3 Å². The van der Waals surface area contributed by atoms with Crippen LogP contribution in [0.2, 0.25) is 0 Å². The number of piperidine rings is 1. The Morgan fingerprint density at radius 1 is 1.35 bits per heavy atom. The lowest BCUT2D eigenvalue weighted by atomic mass is 10.0. The predicted molar refractivity (Wildman–Crippen MR) is 109 cm³/mol. The minimum Gasteiger partial charge on any atom is -0.383 e. The zero-order valence-electron chi connectivity index (χ0n) is 15.7. The SMILES string of the molecule is COCCNCC(=O)N(C)C1CCN(CCc2ccccn2)CC1.Cl.Cl. The summed E-state index contributed by atoms with van der Waals surface area (Å²) in [4.78, 5) is 21.0. The average Bonchev–Trinajstić information content (AvgIpc) is 2.64. The van der Waals surface area contributed by atoms with Crippen molar-refractivity contribution in [3.8, 4) is 0 Å². The Morgan fingerprint density at radius 2 is 2.08 bits per heavy atom. The molecule has 0 atom stereocenters. The molecule has 0 aliphatic carbocycles. The van der Waals surface area contributed by atoms with Gasteiger partial charge in [0, 0.05) is 64.7 Å². The highest BCUT2D eigenvalue weighted by atomic mass is 35.5. The Balaban J connectivity index is 0.00000312. The van der Waals surface area contributed by atoms with Gasteiger partial charge in [-0.15, -0.1) is 24.8 Å². The Labute approximate surface area is 169 Å². The van der Waals surface area contributed by atoms with Gasteiger partial charge in [0.05, 0.1) is 13.2 Å². The molecule has 150 valence electrons. The highest BCUT2D eigenvalue weighted by Crippen LogP contribution is 2.15. The second kappa shape index (κ2) is 14.2. The first-order valence-electron chi connectivity index (χ1n) is 8.78. The van der Waals surface area contributed by atoms with Gasteiger partial charge in [0.25, 0.3) is 0 Å². The molecule has 1 aliphatic heterocycles. The molecule has 6 nitrogen and oxygen atoms in total. The molecule has 0 spiro atoms. The molecule has 1 fully saturated rings. The number of carbonyl (C=O) groups excluding carboxylic acids is 1. The molecule has 1 aliphatic rings. The van der Waals surface area contributed by atoms with Gasteiger partial charge in [-0.05, 0) is 25.0 Å². The van der Waals surface area contributed by atoms with Gasteiger partial charge in [0.2, 0.25) is 5.91 Å². The fourth-order valence-corrected chi connectivity index (χ4v) is 3.05. The molecule has 1 N–H and O–H groups in total. The highest BCUT2D eigenvalue weighted by Gasteiger charge is 2.24. The van der Waals surface area contributed by atoms with Crippen molar-refractivity contribution in [1.29, 1.82) is 0 Å². The quantitative estimate of drug-likeness (QED) is 0.631. The minimum atomic E-state index is 0. The number of likely N-dealkylation sites (N-methyl/N-ethyl adjacent to an activating group) is 1. The van der Waals surface area contributed by atoms with Crippen molar-refractivity contribution in [2.75, 3.05) is 53.5 Å². The molecule has 26 heavy (non-hydrogen) atoms. The Hall–Kier alpha value is -0.920. The maximum Gasteiger partial charge on any atom is 0.236 e. The lowest BCUT2D eigenvalue weighted by Crippen LogP contribution is -2.48. The average molecular weight is 407 g/mol. The summed E-state index contributed by atoms with van der Waals surface area (Å²) in [5, 5.41) is 3.12. The van der Waals surface area contributed by atoms with Crippen molar-refractivity contribution in [3.05, 3.63) is 30.1 Å². The van der Waals surface area contributed by atoms with E-state index >= 15 is 0 Å². The van der Waals surface area contributed by atoms with Crippen LogP contribution >= 0.6 is 24.8 Å². The van der Waals surface area contributed by atoms with Crippen LogP contribution in [0.1, 0.15) is 18.5 Å². The van der Waals surface area contributed by atoms with E-state index in [1.807, 2.05) is 30.3 Å². The number of nitrogens with one attached hydrogen (secondary N) is 1. The number of hydrogen-bond donors (Lipinski definition) is 1. The maximum atomic E-state index is 12.2. The smallest absolute Gasteiger partial charge is 0.236 e. The summed E-state index contributed by atoms with van der Waals surface area (Å²) in [6.45, 7) is 4.87. The Bertz CT molecular complexity index is 485. The number of methoxy groups -OCH3 is 1. The molecular formula is C18H32Cl2N4O2. The summed E-state index contributed by atoms with van der Waals surface area (Å²) in [7, 11) is 3.59. The zero-order chi connectivity index (χ0) is 17.2. The van der Waals surface area contributed by atoms with Crippen LogP contribution in [0.15, 0.2) is 24.4 Å². The normalized spacial score (nSPS) is 15.0. The number of likely N-dealkylation sites (tertiary alicyclic amines) is 1.